The van der Waals surface area contributed by atoms with Gasteiger partial charge in [0.1, 0.15) is 24.4 Å². The highest BCUT2D eigenvalue weighted by molar-refractivity contribution is 6.30. The monoisotopic (exact) mass is 310 g/mol. The molecule has 114 valence electrons. The lowest BCUT2D eigenvalue weighted by molar-refractivity contribution is -0.189. The van der Waals surface area contributed by atoms with Crippen LogP contribution in [0, 0.1) is 0 Å². The van der Waals surface area contributed by atoms with Crippen LogP contribution in [0.4, 0.5) is 0 Å². The molecule has 2 fully saturated rings. The Hall–Kier alpha value is -0.650. The second kappa shape index (κ2) is 4.93. The highest BCUT2D eigenvalue weighted by Crippen LogP contribution is 2.42. The molecule has 3 heterocycles. The molecule has 4 rings (SSSR count). The average molecular weight is 311 g/mol. The number of ether oxygens (including phenoxy) is 4. The van der Waals surface area contributed by atoms with Crippen LogP contribution in [-0.2, 0) is 25.4 Å². The van der Waals surface area contributed by atoms with Crippen LogP contribution >= 0.6 is 11.6 Å². The Bertz CT molecular complexity index is 559. The molecule has 0 radical (unpaired) electrons. The second-order valence-electron chi connectivity index (χ2n) is 6.32. The summed E-state index contributed by atoms with van der Waals surface area (Å²) in [5, 5.41) is 0.765. The molecule has 0 unspecified atom stereocenters. The van der Waals surface area contributed by atoms with E-state index in [0.29, 0.717) is 13.2 Å². The summed E-state index contributed by atoms with van der Waals surface area (Å²) in [5.41, 5.74) is 2.40. The molecule has 5 heteroatoms. The van der Waals surface area contributed by atoms with Gasteiger partial charge in [-0.15, -0.1) is 0 Å². The fourth-order valence-corrected chi connectivity index (χ4v) is 3.75. The first kappa shape index (κ1) is 14.0. The van der Waals surface area contributed by atoms with E-state index in [1.54, 1.807) is 0 Å². The van der Waals surface area contributed by atoms with Crippen molar-refractivity contribution in [3.63, 3.8) is 0 Å². The van der Waals surface area contributed by atoms with Gasteiger partial charge in [-0.2, -0.15) is 0 Å². The number of benzene rings is 1. The number of fused-ring (bicyclic) bond motifs is 2. The van der Waals surface area contributed by atoms with E-state index in [2.05, 4.69) is 0 Å². The third-order valence-electron chi connectivity index (χ3n) is 4.38. The van der Waals surface area contributed by atoms with Gasteiger partial charge in [-0.05, 0) is 43.5 Å². The van der Waals surface area contributed by atoms with Crippen LogP contribution in [0.5, 0.6) is 0 Å². The Kier molecular flexibility index (Phi) is 3.28. The van der Waals surface area contributed by atoms with E-state index in [9.17, 15) is 0 Å². The van der Waals surface area contributed by atoms with Gasteiger partial charge < -0.3 is 18.9 Å². The fraction of sp³-hybridized carbons (Fsp3) is 0.625. The Morgan fingerprint density at radius 2 is 2.00 bits per heavy atom. The molecule has 0 N–H and O–H groups in total. The number of rotatable bonds is 1. The third-order valence-corrected chi connectivity index (χ3v) is 4.61. The van der Waals surface area contributed by atoms with Crippen LogP contribution < -0.4 is 0 Å². The summed E-state index contributed by atoms with van der Waals surface area (Å²) >= 11 is 6.09. The molecule has 4 nitrogen and oxygen atoms in total. The quantitative estimate of drug-likeness (QED) is 0.799. The minimum absolute atomic E-state index is 0.00808. The van der Waals surface area contributed by atoms with E-state index in [1.165, 1.54) is 5.56 Å². The maximum atomic E-state index is 6.09. The van der Waals surface area contributed by atoms with Crippen molar-refractivity contribution in [3.05, 3.63) is 34.3 Å². The lowest BCUT2D eigenvalue weighted by Crippen LogP contribution is -2.37. The summed E-state index contributed by atoms with van der Waals surface area (Å²) in [5.74, 6) is -0.547. The smallest absolute Gasteiger partial charge is 0.164 e. The van der Waals surface area contributed by atoms with Crippen LogP contribution in [0.2, 0.25) is 5.02 Å². The molecule has 2 saturated heterocycles. The van der Waals surface area contributed by atoms with Gasteiger partial charge in [0.05, 0.1) is 13.2 Å². The molecule has 1 aromatic rings. The Balaban J connectivity index is 1.64. The maximum Gasteiger partial charge on any atom is 0.164 e. The molecule has 1 aromatic carbocycles. The van der Waals surface area contributed by atoms with Crippen LogP contribution in [0.3, 0.4) is 0 Å². The number of hydrogen-bond acceptors (Lipinski definition) is 4. The summed E-state index contributed by atoms with van der Waals surface area (Å²) in [6, 6.07) is 5.97. The first-order valence-electron chi connectivity index (χ1n) is 7.41. The van der Waals surface area contributed by atoms with Crippen LogP contribution in [0.25, 0.3) is 0 Å². The average Bonchev–Trinajstić information content (AvgIpc) is 2.92. The van der Waals surface area contributed by atoms with Crippen molar-refractivity contribution in [2.45, 2.75) is 50.5 Å². The van der Waals surface area contributed by atoms with Crippen molar-refractivity contribution in [1.82, 2.24) is 0 Å². The molecule has 0 amide bonds. The minimum atomic E-state index is -0.547. The van der Waals surface area contributed by atoms with Gasteiger partial charge in [0.15, 0.2) is 5.79 Å². The first-order chi connectivity index (χ1) is 10.0. The molecule has 3 aliphatic rings. The maximum absolute atomic E-state index is 6.09. The van der Waals surface area contributed by atoms with E-state index in [0.717, 1.165) is 17.0 Å². The summed E-state index contributed by atoms with van der Waals surface area (Å²) in [4.78, 5) is 0. The topological polar surface area (TPSA) is 36.9 Å². The highest BCUT2D eigenvalue weighted by Gasteiger charge is 2.53. The van der Waals surface area contributed by atoms with Crippen molar-refractivity contribution >= 4 is 11.6 Å². The van der Waals surface area contributed by atoms with Gasteiger partial charge >= 0.3 is 0 Å². The lowest BCUT2D eigenvalue weighted by atomic mass is 9.92. The van der Waals surface area contributed by atoms with Crippen molar-refractivity contribution in [2.75, 3.05) is 13.2 Å². The summed E-state index contributed by atoms with van der Waals surface area (Å²) < 4.78 is 23.8. The standard InChI is InChI=1S/C16H19ClO4/c1-16(2)20-12-8-19-15(14(12)21-16)13-11-4-3-10(17)7-9(11)5-6-18-13/h3-4,7,12-15H,5-6,8H2,1-2H3/t12-,13+,14-,15+/m0/s1. The van der Waals surface area contributed by atoms with Gasteiger partial charge in [-0.25, -0.2) is 0 Å². The molecule has 0 aromatic heterocycles. The van der Waals surface area contributed by atoms with E-state index in [-0.39, 0.29) is 24.4 Å². The lowest BCUT2D eigenvalue weighted by Gasteiger charge is -2.32. The second-order valence-corrected chi connectivity index (χ2v) is 6.76. The predicted molar refractivity (Wildman–Crippen MR) is 77.4 cm³/mol. The predicted octanol–water partition coefficient (Wildman–Crippen LogP) is 2.87. The third kappa shape index (κ3) is 2.39. The molecular formula is C16H19ClO4. The van der Waals surface area contributed by atoms with Gasteiger partial charge in [-0.1, -0.05) is 17.7 Å². The zero-order valence-corrected chi connectivity index (χ0v) is 12.9. The zero-order chi connectivity index (χ0) is 14.6. The van der Waals surface area contributed by atoms with Crippen LogP contribution in [0.15, 0.2) is 18.2 Å². The van der Waals surface area contributed by atoms with E-state index in [1.807, 2.05) is 32.0 Å². The van der Waals surface area contributed by atoms with E-state index in [4.69, 9.17) is 30.5 Å². The zero-order valence-electron chi connectivity index (χ0n) is 12.2. The molecule has 0 saturated carbocycles. The molecule has 0 bridgehead atoms. The fourth-order valence-electron chi connectivity index (χ4n) is 3.56. The van der Waals surface area contributed by atoms with Gasteiger partial charge in [0, 0.05) is 5.02 Å². The first-order valence-corrected chi connectivity index (χ1v) is 7.78. The molecule has 0 spiro atoms. The number of hydrogen-bond donors (Lipinski definition) is 0. The van der Waals surface area contributed by atoms with Gasteiger partial charge in [-0.3, -0.25) is 0 Å². The minimum Gasteiger partial charge on any atom is -0.370 e. The van der Waals surface area contributed by atoms with Gasteiger partial charge in [0.25, 0.3) is 0 Å². The molecular weight excluding hydrogens is 292 g/mol. The Labute approximate surface area is 129 Å². The summed E-state index contributed by atoms with van der Waals surface area (Å²) in [6.07, 6.45) is 0.559. The molecule has 0 aliphatic carbocycles. The summed E-state index contributed by atoms with van der Waals surface area (Å²) in [7, 11) is 0. The highest BCUT2D eigenvalue weighted by atomic mass is 35.5. The van der Waals surface area contributed by atoms with Crippen molar-refractivity contribution in [1.29, 1.82) is 0 Å². The van der Waals surface area contributed by atoms with E-state index < -0.39 is 5.79 Å². The van der Waals surface area contributed by atoms with Crippen LogP contribution in [-0.4, -0.2) is 37.3 Å². The molecule has 21 heavy (non-hydrogen) atoms. The Morgan fingerprint density at radius 1 is 1.14 bits per heavy atom. The van der Waals surface area contributed by atoms with Crippen LogP contribution in [0.1, 0.15) is 31.1 Å². The largest absolute Gasteiger partial charge is 0.370 e. The number of halogens is 1. The summed E-state index contributed by atoms with van der Waals surface area (Å²) in [6.45, 7) is 5.12. The normalized spacial score (nSPS) is 37.3. The SMILES string of the molecule is CC1(C)O[C@@H]2[C@@H]([C@@H]3OCCc4cc(Cl)ccc43)OC[C@@H]2O1. The van der Waals surface area contributed by atoms with Crippen molar-refractivity contribution < 1.29 is 18.9 Å². The Morgan fingerprint density at radius 3 is 2.86 bits per heavy atom. The molecule has 4 atom stereocenters. The van der Waals surface area contributed by atoms with Crippen molar-refractivity contribution in [3.8, 4) is 0 Å². The molecule has 3 aliphatic heterocycles. The van der Waals surface area contributed by atoms with Crippen molar-refractivity contribution in [2.24, 2.45) is 0 Å². The van der Waals surface area contributed by atoms with Gasteiger partial charge in [0.2, 0.25) is 0 Å². The van der Waals surface area contributed by atoms with E-state index >= 15 is 0 Å².